The van der Waals surface area contributed by atoms with Gasteiger partial charge in [0.25, 0.3) is 0 Å². The maximum Gasteiger partial charge on any atom is 0.198 e. The van der Waals surface area contributed by atoms with Crippen molar-refractivity contribution in [2.45, 2.75) is 0 Å². The number of benzene rings is 1. The molecule has 0 saturated heterocycles. The lowest BCUT2D eigenvalue weighted by Gasteiger charge is -1.95. The van der Waals surface area contributed by atoms with E-state index in [-0.39, 0.29) is 5.75 Å². The highest BCUT2D eigenvalue weighted by Crippen LogP contribution is 2.29. The van der Waals surface area contributed by atoms with Crippen LogP contribution in [0.4, 0.5) is 5.69 Å². The molecule has 0 amide bonds. The fourth-order valence-corrected chi connectivity index (χ4v) is 0.929. The number of nitrogens with two attached hydrogens (primary N) is 1. The summed E-state index contributed by atoms with van der Waals surface area (Å²) in [6.07, 6.45) is 1.27. The molecular weight excluding hydrogens is 144 g/mol. The van der Waals surface area contributed by atoms with Gasteiger partial charge in [-0.25, -0.2) is 4.98 Å². The molecule has 0 aliphatic rings. The maximum absolute atomic E-state index is 9.29. The number of oxazole rings is 1. The van der Waals surface area contributed by atoms with E-state index >= 15 is 0 Å². The predicted molar refractivity (Wildman–Crippen MR) is 40.1 cm³/mol. The Labute approximate surface area is 62.3 Å². The van der Waals surface area contributed by atoms with Crippen molar-refractivity contribution in [1.29, 1.82) is 0 Å². The Morgan fingerprint density at radius 1 is 1.45 bits per heavy atom. The van der Waals surface area contributed by atoms with Crippen LogP contribution in [0.15, 0.2) is 22.9 Å². The summed E-state index contributed by atoms with van der Waals surface area (Å²) in [4.78, 5) is 3.84. The van der Waals surface area contributed by atoms with Gasteiger partial charge in [0.15, 0.2) is 17.7 Å². The Kier molecular flexibility index (Phi) is 1.03. The van der Waals surface area contributed by atoms with E-state index in [9.17, 15) is 5.11 Å². The number of nitrogens with zero attached hydrogens (tertiary/aromatic N) is 1. The minimum atomic E-state index is -0.0417. The average molecular weight is 150 g/mol. The van der Waals surface area contributed by atoms with E-state index in [1.807, 2.05) is 0 Å². The lowest BCUT2D eigenvalue weighted by atomic mass is 10.2. The molecule has 0 saturated carbocycles. The topological polar surface area (TPSA) is 72.3 Å². The summed E-state index contributed by atoms with van der Waals surface area (Å²) in [5.74, 6) is -0.0417. The Balaban J connectivity index is 2.93. The van der Waals surface area contributed by atoms with Crippen molar-refractivity contribution in [2.75, 3.05) is 5.73 Å². The zero-order valence-corrected chi connectivity index (χ0v) is 5.61. The van der Waals surface area contributed by atoms with Crippen molar-refractivity contribution >= 4 is 16.8 Å². The van der Waals surface area contributed by atoms with Gasteiger partial charge in [0, 0.05) is 0 Å². The van der Waals surface area contributed by atoms with Crippen LogP contribution >= 0.6 is 0 Å². The molecule has 0 fully saturated rings. The quantitative estimate of drug-likeness (QED) is 0.436. The molecule has 0 aliphatic heterocycles. The van der Waals surface area contributed by atoms with Crippen LogP contribution in [0.25, 0.3) is 11.1 Å². The maximum atomic E-state index is 9.29. The van der Waals surface area contributed by atoms with E-state index in [0.717, 1.165) is 0 Å². The Hall–Kier alpha value is -1.71. The molecule has 2 aromatic rings. The molecule has 0 radical (unpaired) electrons. The van der Waals surface area contributed by atoms with Crippen LogP contribution in [0.1, 0.15) is 0 Å². The Morgan fingerprint density at radius 2 is 2.27 bits per heavy atom. The number of aromatic hydroxyl groups is 1. The highest BCUT2D eigenvalue weighted by atomic mass is 16.4. The second kappa shape index (κ2) is 1.88. The predicted octanol–water partition coefficient (Wildman–Crippen LogP) is 1.12. The summed E-state index contributed by atoms with van der Waals surface area (Å²) in [7, 11) is 0. The third kappa shape index (κ3) is 0.724. The highest BCUT2D eigenvalue weighted by Gasteiger charge is 2.06. The number of phenolic OH excluding ortho intramolecular Hbond substituents is 1. The van der Waals surface area contributed by atoms with Gasteiger partial charge in [0.2, 0.25) is 0 Å². The van der Waals surface area contributed by atoms with E-state index in [2.05, 4.69) is 4.98 Å². The van der Waals surface area contributed by atoms with Crippen LogP contribution in [0.2, 0.25) is 0 Å². The number of aromatic nitrogens is 1. The molecule has 1 aromatic heterocycles. The average Bonchev–Trinajstić information content (AvgIpc) is 2.45. The molecule has 0 unspecified atom stereocenters. The smallest absolute Gasteiger partial charge is 0.198 e. The highest BCUT2D eigenvalue weighted by molar-refractivity contribution is 5.84. The summed E-state index contributed by atoms with van der Waals surface area (Å²) >= 11 is 0. The number of hydrogen-bond donors (Lipinski definition) is 2. The van der Waals surface area contributed by atoms with Gasteiger partial charge in [-0.1, -0.05) is 0 Å². The van der Waals surface area contributed by atoms with Crippen LogP contribution in [0.3, 0.4) is 0 Å². The van der Waals surface area contributed by atoms with Crippen molar-refractivity contribution in [3.8, 4) is 5.75 Å². The first-order chi connectivity index (χ1) is 5.29. The number of hydrogen-bond acceptors (Lipinski definition) is 4. The van der Waals surface area contributed by atoms with Gasteiger partial charge in [-0.2, -0.15) is 0 Å². The van der Waals surface area contributed by atoms with Crippen LogP contribution in [0, 0.1) is 0 Å². The molecule has 0 spiro atoms. The molecule has 1 aromatic carbocycles. The molecule has 0 aliphatic carbocycles. The molecule has 56 valence electrons. The number of rotatable bonds is 0. The van der Waals surface area contributed by atoms with E-state index in [0.29, 0.717) is 16.8 Å². The van der Waals surface area contributed by atoms with Gasteiger partial charge in [-0.15, -0.1) is 0 Å². The largest absolute Gasteiger partial charge is 0.503 e. The molecule has 11 heavy (non-hydrogen) atoms. The lowest BCUT2D eigenvalue weighted by Crippen LogP contribution is -1.84. The zero-order valence-electron chi connectivity index (χ0n) is 5.61. The first kappa shape index (κ1) is 6.03. The lowest BCUT2D eigenvalue weighted by molar-refractivity contribution is 0.467. The molecule has 0 bridgehead atoms. The van der Waals surface area contributed by atoms with Gasteiger partial charge in [0.1, 0.15) is 5.52 Å². The molecule has 2 rings (SSSR count). The normalized spacial score (nSPS) is 10.5. The monoisotopic (exact) mass is 150 g/mol. The van der Waals surface area contributed by atoms with Crippen molar-refractivity contribution in [3.05, 3.63) is 18.5 Å². The van der Waals surface area contributed by atoms with Crippen LogP contribution in [0.5, 0.6) is 5.75 Å². The van der Waals surface area contributed by atoms with E-state index in [1.54, 1.807) is 12.1 Å². The first-order valence-corrected chi connectivity index (χ1v) is 3.09. The third-order valence-corrected chi connectivity index (χ3v) is 1.50. The molecule has 4 nitrogen and oxygen atoms in total. The van der Waals surface area contributed by atoms with Crippen molar-refractivity contribution in [2.24, 2.45) is 0 Å². The Morgan fingerprint density at radius 3 is 3.09 bits per heavy atom. The number of anilines is 1. The zero-order chi connectivity index (χ0) is 7.84. The molecule has 3 N–H and O–H groups in total. The third-order valence-electron chi connectivity index (χ3n) is 1.50. The summed E-state index contributed by atoms with van der Waals surface area (Å²) in [6.45, 7) is 0. The van der Waals surface area contributed by atoms with Gasteiger partial charge in [0.05, 0.1) is 5.69 Å². The Bertz CT molecular complexity index is 394. The first-order valence-electron chi connectivity index (χ1n) is 3.09. The minimum absolute atomic E-state index is 0.0417. The van der Waals surface area contributed by atoms with Gasteiger partial charge >= 0.3 is 0 Å². The second-order valence-corrected chi connectivity index (χ2v) is 2.20. The van der Waals surface area contributed by atoms with E-state index < -0.39 is 0 Å². The summed E-state index contributed by atoms with van der Waals surface area (Å²) in [5, 5.41) is 9.29. The number of fused-ring (bicyclic) bond motifs is 1. The van der Waals surface area contributed by atoms with Crippen LogP contribution in [-0.2, 0) is 0 Å². The molecule has 0 atom stereocenters. The summed E-state index contributed by atoms with van der Waals surface area (Å²) in [6, 6.07) is 3.27. The van der Waals surface area contributed by atoms with Crippen LogP contribution < -0.4 is 5.73 Å². The minimum Gasteiger partial charge on any atom is -0.503 e. The van der Waals surface area contributed by atoms with Crippen molar-refractivity contribution in [3.63, 3.8) is 0 Å². The SMILES string of the molecule is Nc1ccc2ncoc2c1O. The van der Waals surface area contributed by atoms with E-state index in [4.69, 9.17) is 10.2 Å². The van der Waals surface area contributed by atoms with Gasteiger partial charge < -0.3 is 15.3 Å². The summed E-state index contributed by atoms with van der Waals surface area (Å²) < 4.78 is 4.89. The fourth-order valence-electron chi connectivity index (χ4n) is 0.929. The standard InChI is InChI=1S/C7H6N2O2/c8-4-1-2-5-7(6(4)10)11-3-9-5/h1-3,10H,8H2. The molecular formula is C7H6N2O2. The molecule has 4 heteroatoms. The fraction of sp³-hybridized carbons (Fsp3) is 0. The second-order valence-electron chi connectivity index (χ2n) is 2.20. The van der Waals surface area contributed by atoms with Crippen molar-refractivity contribution < 1.29 is 9.52 Å². The van der Waals surface area contributed by atoms with E-state index in [1.165, 1.54) is 6.39 Å². The van der Waals surface area contributed by atoms with Crippen LogP contribution in [-0.4, -0.2) is 10.1 Å². The van der Waals surface area contributed by atoms with Crippen molar-refractivity contribution in [1.82, 2.24) is 4.98 Å². The van der Waals surface area contributed by atoms with Gasteiger partial charge in [-0.3, -0.25) is 0 Å². The number of nitrogen functional groups attached to an aromatic ring is 1. The van der Waals surface area contributed by atoms with Gasteiger partial charge in [-0.05, 0) is 12.1 Å². The summed E-state index contributed by atoms with van der Waals surface area (Å²) in [5.41, 5.74) is 6.65. The molecule has 1 heterocycles. The number of phenols is 1.